The number of hydrogen-bond acceptors (Lipinski definition) is 6. The fourth-order valence-corrected chi connectivity index (χ4v) is 6.05. The van der Waals surface area contributed by atoms with E-state index in [1.807, 2.05) is 100 Å². The van der Waals surface area contributed by atoms with Crippen LogP contribution in [0.15, 0.2) is 77.8 Å². The van der Waals surface area contributed by atoms with Crippen molar-refractivity contribution >= 4 is 34.8 Å². The third-order valence-corrected chi connectivity index (χ3v) is 8.33. The molecule has 3 aromatic rings. The smallest absolute Gasteiger partial charge is 0.241 e. The van der Waals surface area contributed by atoms with Gasteiger partial charge < -0.3 is 14.2 Å². The number of aliphatic imine (C=N–C) groups is 1. The molecule has 0 aliphatic carbocycles. The number of amides is 2. The number of rotatable bonds is 5. The van der Waals surface area contributed by atoms with Gasteiger partial charge in [0, 0.05) is 16.9 Å². The molecule has 8 heteroatoms. The third kappa shape index (κ3) is 3.14. The van der Waals surface area contributed by atoms with Crippen LogP contribution in [0, 0.1) is 10.8 Å². The highest BCUT2D eigenvalue weighted by Crippen LogP contribution is 2.62. The van der Waals surface area contributed by atoms with Gasteiger partial charge in [-0.25, -0.2) is 4.99 Å². The summed E-state index contributed by atoms with van der Waals surface area (Å²) in [5.41, 5.74) is 0.388. The fourth-order valence-electron chi connectivity index (χ4n) is 6.05. The van der Waals surface area contributed by atoms with Crippen LogP contribution in [-0.4, -0.2) is 38.2 Å². The number of benzene rings is 3. The summed E-state index contributed by atoms with van der Waals surface area (Å²) in [6, 6.07) is 22.5. The van der Waals surface area contributed by atoms with E-state index in [1.165, 1.54) is 0 Å². The molecule has 0 unspecified atom stereocenters. The highest BCUT2D eigenvalue weighted by molar-refractivity contribution is 6.20. The molecule has 6 rings (SSSR count). The molecule has 8 nitrogen and oxygen atoms in total. The first-order valence-corrected chi connectivity index (χ1v) is 12.9. The van der Waals surface area contributed by atoms with Crippen LogP contribution in [0.2, 0.25) is 0 Å². The van der Waals surface area contributed by atoms with Crippen molar-refractivity contribution in [3.63, 3.8) is 0 Å². The second kappa shape index (κ2) is 8.33. The second-order valence-corrected chi connectivity index (χ2v) is 11.2. The number of methoxy groups -OCH3 is 2. The number of carbonyl (C=O) groups is 2. The maximum atomic E-state index is 13.8. The Hall–Kier alpha value is -4.33. The molecule has 0 N–H and O–H groups in total. The van der Waals surface area contributed by atoms with Crippen molar-refractivity contribution in [1.82, 2.24) is 0 Å². The molecule has 2 fully saturated rings. The zero-order valence-corrected chi connectivity index (χ0v) is 22.9. The lowest BCUT2D eigenvalue weighted by molar-refractivity contribution is -0.151. The number of carbonyl (C=O) groups excluding carboxylic acids is 2. The summed E-state index contributed by atoms with van der Waals surface area (Å²) in [6.45, 7) is 7.59. The van der Waals surface area contributed by atoms with E-state index in [0.717, 1.165) is 11.3 Å². The Morgan fingerprint density at radius 1 is 0.744 bits per heavy atom. The number of anilines is 2. The van der Waals surface area contributed by atoms with E-state index in [-0.39, 0.29) is 11.8 Å². The minimum atomic E-state index is -0.991. The largest absolute Gasteiger partial charge is 0.497 e. The Morgan fingerprint density at radius 3 is 1.90 bits per heavy atom. The molecule has 2 amide bonds. The quantitative estimate of drug-likeness (QED) is 0.415. The van der Waals surface area contributed by atoms with E-state index in [1.54, 1.807) is 24.0 Å². The van der Waals surface area contributed by atoms with Gasteiger partial charge in [-0.2, -0.15) is 0 Å². The normalized spacial score (nSPS) is 24.1. The Bertz CT molecular complexity index is 1510. The molecule has 3 aliphatic heterocycles. The van der Waals surface area contributed by atoms with Crippen molar-refractivity contribution in [2.45, 2.75) is 39.5 Å². The van der Waals surface area contributed by atoms with E-state index in [4.69, 9.17) is 19.2 Å². The van der Waals surface area contributed by atoms with Crippen LogP contribution in [0.5, 0.6) is 11.5 Å². The number of hydrogen-bond donors (Lipinski definition) is 0. The van der Waals surface area contributed by atoms with E-state index >= 15 is 0 Å². The van der Waals surface area contributed by atoms with Crippen molar-refractivity contribution in [3.05, 3.63) is 78.4 Å². The van der Waals surface area contributed by atoms with Gasteiger partial charge in [0.25, 0.3) is 0 Å². The van der Waals surface area contributed by atoms with Gasteiger partial charge >= 0.3 is 0 Å². The fraction of sp³-hybridized carbons (Fsp3) is 0.323. The summed E-state index contributed by atoms with van der Waals surface area (Å²) in [7, 11) is 3.21. The zero-order chi connectivity index (χ0) is 27.7. The molecule has 0 radical (unpaired) electrons. The molecule has 3 aliphatic rings. The maximum absolute atomic E-state index is 13.8. The summed E-state index contributed by atoms with van der Waals surface area (Å²) >= 11 is 0. The number of β-lactam (4-membered cyclic amide) rings is 2. The molecule has 1 spiro atoms. The highest BCUT2D eigenvalue weighted by Gasteiger charge is 2.74. The van der Waals surface area contributed by atoms with Crippen LogP contribution < -0.4 is 19.3 Å². The lowest BCUT2D eigenvalue weighted by Crippen LogP contribution is -2.78. The monoisotopic (exact) mass is 525 g/mol. The molecule has 39 heavy (non-hydrogen) atoms. The maximum Gasteiger partial charge on any atom is 0.241 e. The average molecular weight is 526 g/mol. The SMILES string of the molecule is COc1ccc(N2C(=O)C(C)(C)[C@H]2OC2=Nc3ccccc3[C@@]23N(c2ccc(OC)cc2)C(=O)C3(C)C)cc1. The summed E-state index contributed by atoms with van der Waals surface area (Å²) in [6.07, 6.45) is -0.632. The molecule has 0 aromatic heterocycles. The third-order valence-electron chi connectivity index (χ3n) is 8.33. The van der Waals surface area contributed by atoms with E-state index in [9.17, 15) is 9.59 Å². The summed E-state index contributed by atoms with van der Waals surface area (Å²) in [4.78, 5) is 35.4. The van der Waals surface area contributed by atoms with Gasteiger partial charge in [-0.1, -0.05) is 18.2 Å². The van der Waals surface area contributed by atoms with E-state index < -0.39 is 22.6 Å². The summed E-state index contributed by atoms with van der Waals surface area (Å²) in [5, 5.41) is 0. The number of ether oxygens (including phenoxy) is 3. The summed E-state index contributed by atoms with van der Waals surface area (Å²) < 4.78 is 17.4. The van der Waals surface area contributed by atoms with Crippen molar-refractivity contribution in [2.75, 3.05) is 24.0 Å². The molecule has 0 saturated carbocycles. The van der Waals surface area contributed by atoms with E-state index in [0.29, 0.717) is 28.8 Å². The van der Waals surface area contributed by atoms with E-state index in [2.05, 4.69) is 0 Å². The number of nitrogens with zero attached hydrogens (tertiary/aromatic N) is 3. The average Bonchev–Trinajstić information content (AvgIpc) is 3.30. The minimum Gasteiger partial charge on any atom is -0.497 e. The first-order valence-electron chi connectivity index (χ1n) is 12.9. The molecule has 200 valence electrons. The topological polar surface area (TPSA) is 80.7 Å². The Morgan fingerprint density at radius 2 is 1.31 bits per heavy atom. The molecular formula is C31H31N3O5. The number of fused-ring (bicyclic) bond motifs is 2. The van der Waals surface area contributed by atoms with Gasteiger partial charge in [0.15, 0.2) is 11.8 Å². The van der Waals surface area contributed by atoms with Crippen LogP contribution in [-0.2, 0) is 19.9 Å². The van der Waals surface area contributed by atoms with Gasteiger partial charge in [-0.05, 0) is 82.3 Å². The molecule has 0 bridgehead atoms. The van der Waals surface area contributed by atoms with Gasteiger partial charge in [0.2, 0.25) is 17.7 Å². The van der Waals surface area contributed by atoms with Crippen LogP contribution in [0.3, 0.4) is 0 Å². The van der Waals surface area contributed by atoms with Crippen molar-refractivity contribution in [3.8, 4) is 11.5 Å². The van der Waals surface area contributed by atoms with Crippen LogP contribution in [0.1, 0.15) is 33.3 Å². The van der Waals surface area contributed by atoms with Crippen LogP contribution in [0.4, 0.5) is 17.1 Å². The summed E-state index contributed by atoms with van der Waals surface area (Å²) in [5.74, 6) is 1.69. The predicted molar refractivity (Wildman–Crippen MR) is 149 cm³/mol. The molecule has 3 heterocycles. The minimum absolute atomic E-state index is 0.0448. The van der Waals surface area contributed by atoms with Gasteiger partial charge in [0.1, 0.15) is 16.9 Å². The first kappa shape index (κ1) is 25.0. The van der Waals surface area contributed by atoms with Gasteiger partial charge in [-0.3, -0.25) is 19.4 Å². The Balaban J connectivity index is 1.45. The standard InChI is InChI=1S/C31H31N3O5/c1-29(2)26(35)33(19-11-15-21(37-5)16-12-19)28(29)39-25-31(23-9-7-8-10-24(23)32-25)30(3,4)27(36)34(31)20-13-17-22(38-6)18-14-20/h7-18,28H,1-6H3/t28-,31-/m1/s1. The lowest BCUT2D eigenvalue weighted by atomic mass is 9.59. The van der Waals surface area contributed by atoms with Crippen LogP contribution in [0.25, 0.3) is 0 Å². The van der Waals surface area contributed by atoms with Gasteiger partial charge in [0.05, 0.1) is 25.3 Å². The van der Waals surface area contributed by atoms with Crippen molar-refractivity contribution in [2.24, 2.45) is 15.8 Å². The Kier molecular flexibility index (Phi) is 5.34. The molecular weight excluding hydrogens is 494 g/mol. The molecule has 3 aromatic carbocycles. The highest BCUT2D eigenvalue weighted by atomic mass is 16.5. The molecule has 2 atom stereocenters. The van der Waals surface area contributed by atoms with Crippen LogP contribution >= 0.6 is 0 Å². The Labute approximate surface area is 227 Å². The van der Waals surface area contributed by atoms with Crippen molar-refractivity contribution < 1.29 is 23.8 Å². The lowest BCUT2D eigenvalue weighted by Gasteiger charge is -2.62. The second-order valence-electron chi connectivity index (χ2n) is 11.2. The van der Waals surface area contributed by atoms with Crippen molar-refractivity contribution in [1.29, 1.82) is 0 Å². The molecule has 2 saturated heterocycles. The van der Waals surface area contributed by atoms with Gasteiger partial charge in [-0.15, -0.1) is 0 Å². The predicted octanol–water partition coefficient (Wildman–Crippen LogP) is 5.43. The number of para-hydroxylation sites is 1. The zero-order valence-electron chi connectivity index (χ0n) is 22.9. The first-order chi connectivity index (χ1) is 18.6.